The second-order valence-electron chi connectivity index (χ2n) is 6.13. The number of fused-ring (bicyclic) bond motifs is 2. The Morgan fingerprint density at radius 1 is 1.22 bits per heavy atom. The second kappa shape index (κ2) is 3.80. The molecule has 18 heavy (non-hydrogen) atoms. The zero-order chi connectivity index (χ0) is 12.3. The molecule has 1 aromatic heterocycles. The van der Waals surface area contributed by atoms with Gasteiger partial charge in [-0.2, -0.15) is 0 Å². The normalized spacial score (nSPS) is 34.1. The van der Waals surface area contributed by atoms with Crippen LogP contribution in [0.1, 0.15) is 70.7 Å². The minimum Gasteiger partial charge on any atom is -0.477 e. The van der Waals surface area contributed by atoms with E-state index in [4.69, 9.17) is 4.98 Å². The monoisotopic (exact) mass is 263 g/mol. The maximum atomic E-state index is 11.3. The van der Waals surface area contributed by atoms with Crippen molar-refractivity contribution in [1.29, 1.82) is 0 Å². The predicted molar refractivity (Wildman–Crippen MR) is 69.2 cm³/mol. The third kappa shape index (κ3) is 1.62. The third-order valence-electron chi connectivity index (χ3n) is 4.88. The van der Waals surface area contributed by atoms with Gasteiger partial charge in [-0.1, -0.05) is 6.42 Å². The van der Waals surface area contributed by atoms with Crippen LogP contribution in [0.25, 0.3) is 0 Å². The van der Waals surface area contributed by atoms with Gasteiger partial charge in [-0.25, -0.2) is 9.78 Å². The lowest BCUT2D eigenvalue weighted by Crippen LogP contribution is -2.08. The van der Waals surface area contributed by atoms with Gasteiger partial charge in [0.25, 0.3) is 0 Å². The smallest absolute Gasteiger partial charge is 0.347 e. The number of carboxylic acids is 1. The fourth-order valence-corrected chi connectivity index (χ4v) is 5.04. The molecule has 0 aliphatic heterocycles. The molecular formula is C14H17NO2S. The molecule has 0 radical (unpaired) electrons. The molecule has 1 heterocycles. The van der Waals surface area contributed by atoms with Crippen LogP contribution in [-0.4, -0.2) is 16.1 Å². The molecule has 1 N–H and O–H groups in total. The van der Waals surface area contributed by atoms with Crippen LogP contribution in [0.15, 0.2) is 0 Å². The van der Waals surface area contributed by atoms with Crippen molar-refractivity contribution in [2.75, 3.05) is 0 Å². The van der Waals surface area contributed by atoms with Gasteiger partial charge in [0.15, 0.2) is 0 Å². The summed E-state index contributed by atoms with van der Waals surface area (Å²) < 4.78 is 0. The lowest BCUT2D eigenvalue weighted by molar-refractivity contribution is 0.0700. The van der Waals surface area contributed by atoms with Crippen molar-refractivity contribution >= 4 is 17.3 Å². The fraction of sp³-hybridized carbons (Fsp3) is 0.714. The molecule has 2 bridgehead atoms. The first-order valence-corrected chi connectivity index (χ1v) is 7.78. The number of thiazole rings is 1. The standard InChI is InChI=1S/C14H17NO2S/c16-14(17)12-11(8-3-4-8)15-13(18-12)10-6-7-1-2-9(10)5-7/h7-10H,1-6H2,(H,16,17). The van der Waals surface area contributed by atoms with Crippen LogP contribution >= 0.6 is 11.3 Å². The topological polar surface area (TPSA) is 50.2 Å². The maximum absolute atomic E-state index is 11.3. The summed E-state index contributed by atoms with van der Waals surface area (Å²) in [5.41, 5.74) is 0.894. The average molecular weight is 263 g/mol. The molecule has 0 saturated heterocycles. The number of hydrogen-bond acceptors (Lipinski definition) is 3. The van der Waals surface area contributed by atoms with E-state index >= 15 is 0 Å². The molecule has 96 valence electrons. The summed E-state index contributed by atoms with van der Waals surface area (Å²) in [5.74, 6) is 1.92. The predicted octanol–water partition coefficient (Wildman–Crippen LogP) is 3.62. The molecule has 3 atom stereocenters. The van der Waals surface area contributed by atoms with Gasteiger partial charge in [0.1, 0.15) is 4.88 Å². The summed E-state index contributed by atoms with van der Waals surface area (Å²) in [5, 5.41) is 10.4. The van der Waals surface area contributed by atoms with Crippen LogP contribution in [0.4, 0.5) is 0 Å². The van der Waals surface area contributed by atoms with Crippen LogP contribution in [0, 0.1) is 11.8 Å². The van der Waals surface area contributed by atoms with Crippen molar-refractivity contribution in [2.45, 2.75) is 50.4 Å². The number of nitrogens with zero attached hydrogens (tertiary/aromatic N) is 1. The number of aromatic nitrogens is 1. The molecule has 0 spiro atoms. The quantitative estimate of drug-likeness (QED) is 0.906. The third-order valence-corrected chi connectivity index (χ3v) is 6.07. The first kappa shape index (κ1) is 11.0. The maximum Gasteiger partial charge on any atom is 0.347 e. The van der Waals surface area contributed by atoms with E-state index in [1.54, 1.807) is 0 Å². The van der Waals surface area contributed by atoms with Gasteiger partial charge in [0.2, 0.25) is 0 Å². The molecule has 3 saturated carbocycles. The largest absolute Gasteiger partial charge is 0.477 e. The van der Waals surface area contributed by atoms with E-state index in [9.17, 15) is 9.90 Å². The second-order valence-corrected chi connectivity index (χ2v) is 7.16. The molecule has 3 aliphatic carbocycles. The van der Waals surface area contributed by atoms with Gasteiger partial charge in [-0.3, -0.25) is 0 Å². The summed E-state index contributed by atoms with van der Waals surface area (Å²) in [7, 11) is 0. The van der Waals surface area contributed by atoms with Crippen LogP contribution in [0.5, 0.6) is 0 Å². The zero-order valence-electron chi connectivity index (χ0n) is 10.3. The highest BCUT2D eigenvalue weighted by Crippen LogP contribution is 2.54. The van der Waals surface area contributed by atoms with Crippen molar-refractivity contribution in [1.82, 2.24) is 4.98 Å². The van der Waals surface area contributed by atoms with E-state index in [1.807, 2.05) is 0 Å². The molecule has 1 aromatic rings. The Bertz CT molecular complexity index is 506. The number of hydrogen-bond donors (Lipinski definition) is 1. The van der Waals surface area contributed by atoms with Crippen LogP contribution in [-0.2, 0) is 0 Å². The van der Waals surface area contributed by atoms with Gasteiger partial charge >= 0.3 is 5.97 Å². The van der Waals surface area contributed by atoms with Gasteiger partial charge in [-0.05, 0) is 43.9 Å². The number of aromatic carboxylic acids is 1. The fourth-order valence-electron chi connectivity index (χ4n) is 3.84. The van der Waals surface area contributed by atoms with Crippen molar-refractivity contribution in [3.63, 3.8) is 0 Å². The molecule has 0 amide bonds. The van der Waals surface area contributed by atoms with Crippen molar-refractivity contribution < 1.29 is 9.90 Å². The highest BCUT2D eigenvalue weighted by Gasteiger charge is 2.43. The molecular weight excluding hydrogens is 246 g/mol. The minimum atomic E-state index is -0.774. The Morgan fingerprint density at radius 2 is 2.06 bits per heavy atom. The minimum absolute atomic E-state index is 0.444. The van der Waals surface area contributed by atoms with Gasteiger partial charge in [-0.15, -0.1) is 11.3 Å². The van der Waals surface area contributed by atoms with Crippen molar-refractivity contribution in [3.8, 4) is 0 Å². The first-order chi connectivity index (χ1) is 8.72. The summed E-state index contributed by atoms with van der Waals surface area (Å²) in [6.07, 6.45) is 7.57. The molecule has 4 heteroatoms. The lowest BCUT2D eigenvalue weighted by Gasteiger charge is -2.18. The molecule has 0 aromatic carbocycles. The Balaban J connectivity index is 1.69. The molecule has 3 nitrogen and oxygen atoms in total. The number of carboxylic acid groups (broad SMARTS) is 1. The van der Waals surface area contributed by atoms with E-state index in [0.29, 0.717) is 16.7 Å². The highest BCUT2D eigenvalue weighted by molar-refractivity contribution is 7.13. The summed E-state index contributed by atoms with van der Waals surface area (Å²) in [4.78, 5) is 16.6. The summed E-state index contributed by atoms with van der Waals surface area (Å²) in [6, 6.07) is 0. The van der Waals surface area contributed by atoms with E-state index in [0.717, 1.165) is 35.4 Å². The first-order valence-electron chi connectivity index (χ1n) is 6.96. The highest BCUT2D eigenvalue weighted by atomic mass is 32.1. The SMILES string of the molecule is O=C(O)c1sc(C2CC3CCC2C3)nc1C1CC1. The van der Waals surface area contributed by atoms with E-state index in [1.165, 1.54) is 37.0 Å². The van der Waals surface area contributed by atoms with Crippen molar-refractivity contribution in [2.24, 2.45) is 11.8 Å². The summed E-state index contributed by atoms with van der Waals surface area (Å²) in [6.45, 7) is 0. The van der Waals surface area contributed by atoms with E-state index in [2.05, 4.69) is 0 Å². The summed E-state index contributed by atoms with van der Waals surface area (Å²) >= 11 is 1.46. The molecule has 3 fully saturated rings. The number of rotatable bonds is 3. The Hall–Kier alpha value is -0.900. The van der Waals surface area contributed by atoms with Gasteiger partial charge in [0.05, 0.1) is 10.7 Å². The zero-order valence-corrected chi connectivity index (χ0v) is 11.1. The number of carbonyl (C=O) groups is 1. The Kier molecular flexibility index (Phi) is 2.31. The molecule has 4 rings (SSSR count). The molecule has 3 aliphatic rings. The average Bonchev–Trinajstić information content (AvgIpc) is 2.82. The van der Waals surface area contributed by atoms with Crippen LogP contribution in [0.2, 0.25) is 0 Å². The lowest BCUT2D eigenvalue weighted by atomic mass is 9.89. The van der Waals surface area contributed by atoms with E-state index < -0.39 is 5.97 Å². The molecule has 3 unspecified atom stereocenters. The van der Waals surface area contributed by atoms with Crippen LogP contribution in [0.3, 0.4) is 0 Å². The Labute approximate surface area is 110 Å². The van der Waals surface area contributed by atoms with Gasteiger partial charge in [0, 0.05) is 11.8 Å². The van der Waals surface area contributed by atoms with Gasteiger partial charge < -0.3 is 5.11 Å². The van der Waals surface area contributed by atoms with E-state index in [-0.39, 0.29) is 0 Å². The Morgan fingerprint density at radius 3 is 2.61 bits per heavy atom. The van der Waals surface area contributed by atoms with Crippen molar-refractivity contribution in [3.05, 3.63) is 15.6 Å². The van der Waals surface area contributed by atoms with Crippen LogP contribution < -0.4 is 0 Å².